The normalized spacial score (nSPS) is 11.0. The lowest BCUT2D eigenvalue weighted by Crippen LogP contribution is -2.12. The van der Waals surface area contributed by atoms with Gasteiger partial charge < -0.3 is 9.73 Å². The SMILES string of the molecule is O=C(CCCn1cncn1)Nc1cc(-c2cc3ccccc3o2)[nH]n1. The van der Waals surface area contributed by atoms with Crippen molar-refractivity contribution in [3.05, 3.63) is 49.1 Å². The van der Waals surface area contributed by atoms with Crippen LogP contribution in [0.15, 0.2) is 53.5 Å². The van der Waals surface area contributed by atoms with Gasteiger partial charge in [0, 0.05) is 24.4 Å². The van der Waals surface area contributed by atoms with Crippen LogP contribution in [0.5, 0.6) is 0 Å². The van der Waals surface area contributed by atoms with Gasteiger partial charge in [-0.05, 0) is 18.6 Å². The molecule has 0 aliphatic rings. The Hall–Kier alpha value is -3.42. The van der Waals surface area contributed by atoms with E-state index in [1.165, 1.54) is 6.33 Å². The number of aromatic amines is 1. The molecule has 4 aromatic rings. The Bertz CT molecular complexity index is 953. The van der Waals surface area contributed by atoms with E-state index >= 15 is 0 Å². The first-order valence-electron chi connectivity index (χ1n) is 7.94. The number of furan rings is 1. The van der Waals surface area contributed by atoms with Gasteiger partial charge >= 0.3 is 0 Å². The van der Waals surface area contributed by atoms with Gasteiger partial charge in [-0.3, -0.25) is 14.6 Å². The fourth-order valence-electron chi connectivity index (χ4n) is 2.58. The number of carbonyl (C=O) groups is 1. The molecule has 0 aliphatic heterocycles. The number of amides is 1. The Morgan fingerprint density at radius 2 is 2.20 bits per heavy atom. The molecule has 1 aromatic carbocycles. The van der Waals surface area contributed by atoms with Crippen LogP contribution in [-0.4, -0.2) is 30.9 Å². The van der Waals surface area contributed by atoms with Gasteiger partial charge in [0.15, 0.2) is 11.6 Å². The number of hydrogen-bond donors (Lipinski definition) is 2. The Labute approximate surface area is 142 Å². The summed E-state index contributed by atoms with van der Waals surface area (Å²) in [6.45, 7) is 0.651. The highest BCUT2D eigenvalue weighted by Crippen LogP contribution is 2.27. The minimum atomic E-state index is -0.0947. The van der Waals surface area contributed by atoms with Crippen LogP contribution in [0.25, 0.3) is 22.4 Å². The Morgan fingerprint density at radius 1 is 1.28 bits per heavy atom. The predicted octanol–water partition coefficient (Wildman–Crippen LogP) is 2.83. The molecule has 25 heavy (non-hydrogen) atoms. The second-order valence-electron chi connectivity index (χ2n) is 5.63. The number of aryl methyl sites for hydroxylation is 1. The second-order valence-corrected chi connectivity index (χ2v) is 5.63. The molecule has 2 N–H and O–H groups in total. The molecule has 0 saturated heterocycles. The number of benzene rings is 1. The number of nitrogens with zero attached hydrogens (tertiary/aromatic N) is 4. The van der Waals surface area contributed by atoms with Crippen molar-refractivity contribution in [3.8, 4) is 11.5 Å². The zero-order chi connectivity index (χ0) is 17.1. The third kappa shape index (κ3) is 3.42. The van der Waals surface area contributed by atoms with Gasteiger partial charge in [0.05, 0.1) is 0 Å². The average molecular weight is 336 g/mol. The number of rotatable bonds is 6. The van der Waals surface area contributed by atoms with E-state index in [1.807, 2.05) is 30.3 Å². The molecule has 8 nitrogen and oxygen atoms in total. The molecule has 0 aliphatic carbocycles. The van der Waals surface area contributed by atoms with Crippen LogP contribution in [0, 0.1) is 0 Å². The maximum absolute atomic E-state index is 12.0. The monoisotopic (exact) mass is 336 g/mol. The maximum atomic E-state index is 12.0. The number of hydrogen-bond acceptors (Lipinski definition) is 5. The number of fused-ring (bicyclic) bond motifs is 1. The first-order valence-corrected chi connectivity index (χ1v) is 7.94. The van der Waals surface area contributed by atoms with Crippen molar-refractivity contribution in [1.82, 2.24) is 25.0 Å². The fourth-order valence-corrected chi connectivity index (χ4v) is 2.58. The number of H-pyrrole nitrogens is 1. The molecule has 3 heterocycles. The van der Waals surface area contributed by atoms with Crippen LogP contribution in [-0.2, 0) is 11.3 Å². The summed E-state index contributed by atoms with van der Waals surface area (Å²) in [6.07, 6.45) is 4.16. The van der Waals surface area contributed by atoms with Crippen LogP contribution >= 0.6 is 0 Å². The molecule has 0 unspecified atom stereocenters. The van der Waals surface area contributed by atoms with Crippen molar-refractivity contribution in [1.29, 1.82) is 0 Å². The van der Waals surface area contributed by atoms with Crippen LogP contribution in [0.1, 0.15) is 12.8 Å². The van der Waals surface area contributed by atoms with E-state index < -0.39 is 0 Å². The van der Waals surface area contributed by atoms with Crippen molar-refractivity contribution in [2.24, 2.45) is 0 Å². The van der Waals surface area contributed by atoms with Crippen LogP contribution in [0.2, 0.25) is 0 Å². The van der Waals surface area contributed by atoms with E-state index in [0.717, 1.165) is 11.0 Å². The summed E-state index contributed by atoms with van der Waals surface area (Å²) in [7, 11) is 0. The van der Waals surface area contributed by atoms with Gasteiger partial charge in [0.2, 0.25) is 5.91 Å². The zero-order valence-corrected chi connectivity index (χ0v) is 13.3. The molecular weight excluding hydrogens is 320 g/mol. The largest absolute Gasteiger partial charge is 0.454 e. The van der Waals surface area contributed by atoms with Gasteiger partial charge in [0.1, 0.15) is 23.9 Å². The van der Waals surface area contributed by atoms with Gasteiger partial charge in [-0.15, -0.1) is 0 Å². The van der Waals surface area contributed by atoms with E-state index in [9.17, 15) is 4.79 Å². The quantitative estimate of drug-likeness (QED) is 0.564. The van der Waals surface area contributed by atoms with E-state index in [1.54, 1.807) is 17.1 Å². The molecule has 4 rings (SSSR count). The first kappa shape index (κ1) is 15.1. The van der Waals surface area contributed by atoms with Crippen molar-refractivity contribution < 1.29 is 9.21 Å². The molecular formula is C17H16N6O2. The molecule has 3 aromatic heterocycles. The number of anilines is 1. The van der Waals surface area contributed by atoms with Gasteiger partial charge in [-0.2, -0.15) is 10.2 Å². The van der Waals surface area contributed by atoms with E-state index in [4.69, 9.17) is 4.42 Å². The molecule has 1 amide bonds. The highest BCUT2D eigenvalue weighted by Gasteiger charge is 2.11. The second kappa shape index (κ2) is 6.60. The van der Waals surface area contributed by atoms with E-state index in [0.29, 0.717) is 36.7 Å². The Kier molecular flexibility index (Phi) is 3.99. The van der Waals surface area contributed by atoms with Crippen molar-refractivity contribution in [2.45, 2.75) is 19.4 Å². The summed E-state index contributed by atoms with van der Waals surface area (Å²) in [4.78, 5) is 15.9. The van der Waals surface area contributed by atoms with Crippen molar-refractivity contribution in [3.63, 3.8) is 0 Å². The Morgan fingerprint density at radius 3 is 3.04 bits per heavy atom. The third-order valence-corrected chi connectivity index (χ3v) is 3.79. The average Bonchev–Trinajstić information content (AvgIpc) is 3.34. The van der Waals surface area contributed by atoms with Crippen LogP contribution in [0.4, 0.5) is 5.82 Å². The van der Waals surface area contributed by atoms with Crippen LogP contribution in [0.3, 0.4) is 0 Å². The third-order valence-electron chi connectivity index (χ3n) is 3.79. The molecule has 8 heteroatoms. The molecule has 0 saturated carbocycles. The summed E-state index contributed by atoms with van der Waals surface area (Å²) < 4.78 is 7.47. The highest BCUT2D eigenvalue weighted by atomic mass is 16.3. The van der Waals surface area contributed by atoms with Crippen molar-refractivity contribution in [2.75, 3.05) is 5.32 Å². The van der Waals surface area contributed by atoms with E-state index in [-0.39, 0.29) is 5.91 Å². The minimum Gasteiger partial charge on any atom is -0.454 e. The molecule has 0 bridgehead atoms. The van der Waals surface area contributed by atoms with Gasteiger partial charge in [-0.1, -0.05) is 18.2 Å². The van der Waals surface area contributed by atoms with Crippen LogP contribution < -0.4 is 5.32 Å². The van der Waals surface area contributed by atoms with Gasteiger partial charge in [0.25, 0.3) is 0 Å². The molecule has 0 fully saturated rings. The smallest absolute Gasteiger partial charge is 0.225 e. The molecule has 0 spiro atoms. The molecule has 126 valence electrons. The zero-order valence-electron chi connectivity index (χ0n) is 13.3. The molecule has 0 atom stereocenters. The lowest BCUT2D eigenvalue weighted by molar-refractivity contribution is -0.116. The summed E-state index contributed by atoms with van der Waals surface area (Å²) in [5, 5.41) is 14.8. The minimum absolute atomic E-state index is 0.0947. The number of nitrogens with one attached hydrogen (secondary N) is 2. The van der Waals surface area contributed by atoms with Gasteiger partial charge in [-0.25, -0.2) is 4.98 Å². The topological polar surface area (TPSA) is 102 Å². The summed E-state index contributed by atoms with van der Waals surface area (Å²) >= 11 is 0. The molecule has 0 radical (unpaired) electrons. The first-order chi connectivity index (χ1) is 12.3. The maximum Gasteiger partial charge on any atom is 0.225 e. The lowest BCUT2D eigenvalue weighted by atomic mass is 10.2. The number of carbonyl (C=O) groups excluding carboxylic acids is 1. The Balaban J connectivity index is 1.36. The summed E-state index contributed by atoms with van der Waals surface area (Å²) in [5.74, 6) is 1.06. The van der Waals surface area contributed by atoms with Crippen molar-refractivity contribution >= 4 is 22.7 Å². The lowest BCUT2D eigenvalue weighted by Gasteiger charge is -2.01. The summed E-state index contributed by atoms with van der Waals surface area (Å²) in [6, 6.07) is 11.5. The fraction of sp³-hybridized carbons (Fsp3) is 0.176. The predicted molar refractivity (Wildman–Crippen MR) is 91.7 cm³/mol. The summed E-state index contributed by atoms with van der Waals surface area (Å²) in [5.41, 5.74) is 1.53. The number of para-hydroxylation sites is 1. The highest BCUT2D eigenvalue weighted by molar-refractivity contribution is 5.90. The van der Waals surface area contributed by atoms with E-state index in [2.05, 4.69) is 25.6 Å². The standard InChI is InChI=1S/C17H16N6O2/c24-17(6-3-7-23-11-18-10-19-23)20-16-9-13(21-22-16)15-8-12-4-1-2-5-14(12)25-15/h1-2,4-5,8-11H,3,6-7H2,(H2,20,21,22,24). The number of aromatic nitrogens is 5.